The second-order valence-corrected chi connectivity index (χ2v) is 11.4. The van der Waals surface area contributed by atoms with E-state index in [4.69, 9.17) is 9.47 Å². The molecule has 0 saturated heterocycles. The Morgan fingerprint density at radius 3 is 2.14 bits per heavy atom. The summed E-state index contributed by atoms with van der Waals surface area (Å²) in [5.41, 5.74) is 5.08. The predicted octanol–water partition coefficient (Wildman–Crippen LogP) is 7.96. The molecular weight excluding hydrogens is 589 g/mol. The number of fused-ring (bicyclic) bond motifs is 4. The van der Waals surface area contributed by atoms with Crippen molar-refractivity contribution in [1.29, 1.82) is 0 Å². The van der Waals surface area contributed by atoms with Crippen LogP contribution >= 0.6 is 11.8 Å². The lowest BCUT2D eigenvalue weighted by molar-refractivity contribution is -0.143. The number of benzene rings is 4. The number of alkyl halides is 3. The molecule has 5 aromatic rings. The number of esters is 1. The van der Waals surface area contributed by atoms with Gasteiger partial charge in [0.15, 0.2) is 0 Å². The van der Waals surface area contributed by atoms with Gasteiger partial charge in [-0.3, -0.25) is 0 Å². The molecule has 44 heavy (non-hydrogen) atoms. The molecular formula is C34H27F3N2O4S. The normalized spacial score (nSPS) is 13.3. The number of alkyl carbamates (subject to hydrolysis) is 1. The average Bonchev–Trinajstić information content (AvgIpc) is 3.53. The number of methoxy groups -OCH3 is 1. The lowest BCUT2D eigenvalue weighted by Gasteiger charge is -2.19. The van der Waals surface area contributed by atoms with E-state index in [1.165, 1.54) is 31.0 Å². The second kappa shape index (κ2) is 12.1. The molecule has 0 spiro atoms. The second-order valence-electron chi connectivity index (χ2n) is 10.4. The molecule has 0 fully saturated rings. The van der Waals surface area contributed by atoms with E-state index in [9.17, 15) is 22.8 Å². The lowest BCUT2D eigenvalue weighted by Crippen LogP contribution is -2.43. The quantitative estimate of drug-likeness (QED) is 0.173. The molecule has 4 aromatic carbocycles. The van der Waals surface area contributed by atoms with Crippen LogP contribution < -0.4 is 5.32 Å². The van der Waals surface area contributed by atoms with E-state index in [0.29, 0.717) is 15.5 Å². The van der Waals surface area contributed by atoms with Gasteiger partial charge in [-0.05, 0) is 58.1 Å². The number of hydrogen-bond acceptors (Lipinski definition) is 5. The number of H-pyrrole nitrogens is 1. The van der Waals surface area contributed by atoms with Crippen LogP contribution in [0.25, 0.3) is 22.0 Å². The first-order valence-electron chi connectivity index (χ1n) is 13.9. The smallest absolute Gasteiger partial charge is 0.416 e. The molecule has 2 N–H and O–H groups in total. The van der Waals surface area contributed by atoms with Crippen molar-refractivity contribution in [2.75, 3.05) is 13.7 Å². The number of carbonyl (C=O) groups is 2. The molecule has 1 amide bonds. The molecule has 10 heteroatoms. The first kappa shape index (κ1) is 29.4. The van der Waals surface area contributed by atoms with Gasteiger partial charge in [0, 0.05) is 28.1 Å². The van der Waals surface area contributed by atoms with Crippen LogP contribution in [-0.4, -0.2) is 36.8 Å². The first-order valence-corrected chi connectivity index (χ1v) is 14.7. The van der Waals surface area contributed by atoms with Gasteiger partial charge >= 0.3 is 18.2 Å². The van der Waals surface area contributed by atoms with Crippen molar-refractivity contribution in [3.05, 3.63) is 119 Å². The van der Waals surface area contributed by atoms with E-state index in [1.807, 2.05) is 72.8 Å². The number of aromatic nitrogens is 1. The Morgan fingerprint density at radius 1 is 0.886 bits per heavy atom. The van der Waals surface area contributed by atoms with Crippen LogP contribution in [0.15, 0.2) is 107 Å². The highest BCUT2D eigenvalue weighted by atomic mass is 32.2. The van der Waals surface area contributed by atoms with Crippen LogP contribution in [0.2, 0.25) is 0 Å². The third kappa shape index (κ3) is 5.90. The average molecular weight is 617 g/mol. The molecule has 0 aliphatic heterocycles. The monoisotopic (exact) mass is 616 g/mol. The molecule has 0 saturated carbocycles. The highest BCUT2D eigenvalue weighted by molar-refractivity contribution is 7.99. The van der Waals surface area contributed by atoms with Crippen LogP contribution in [0.5, 0.6) is 0 Å². The van der Waals surface area contributed by atoms with Gasteiger partial charge in [-0.15, -0.1) is 0 Å². The van der Waals surface area contributed by atoms with E-state index >= 15 is 0 Å². The number of rotatable bonds is 8. The summed E-state index contributed by atoms with van der Waals surface area (Å²) in [6.45, 7) is 0.0792. The molecule has 0 bridgehead atoms. The van der Waals surface area contributed by atoms with Gasteiger partial charge in [0.05, 0.1) is 17.7 Å². The number of nitrogens with one attached hydrogen (secondary N) is 2. The highest BCUT2D eigenvalue weighted by Crippen LogP contribution is 2.44. The van der Waals surface area contributed by atoms with Crippen molar-refractivity contribution >= 4 is 34.7 Å². The number of para-hydroxylation sites is 1. The summed E-state index contributed by atoms with van der Waals surface area (Å²) < 4.78 is 49.9. The maximum atomic E-state index is 13.1. The molecule has 1 atom stereocenters. The summed E-state index contributed by atoms with van der Waals surface area (Å²) >= 11 is 1.23. The molecule has 6 nitrogen and oxygen atoms in total. The molecule has 0 radical (unpaired) electrons. The molecule has 1 aromatic heterocycles. The maximum absolute atomic E-state index is 13.1. The Bertz CT molecular complexity index is 1790. The molecule has 1 aliphatic rings. The number of halogens is 3. The van der Waals surface area contributed by atoms with Crippen LogP contribution in [-0.2, 0) is 26.9 Å². The first-order chi connectivity index (χ1) is 21.2. The Balaban J connectivity index is 1.21. The minimum Gasteiger partial charge on any atom is -0.467 e. The van der Waals surface area contributed by atoms with Crippen molar-refractivity contribution in [2.24, 2.45) is 0 Å². The Hall–Kier alpha value is -4.70. The summed E-state index contributed by atoms with van der Waals surface area (Å²) in [5.74, 6) is -0.806. The Kier molecular flexibility index (Phi) is 8.09. The predicted molar refractivity (Wildman–Crippen MR) is 162 cm³/mol. The van der Waals surface area contributed by atoms with E-state index in [0.717, 1.165) is 45.3 Å². The van der Waals surface area contributed by atoms with Crippen LogP contribution in [0, 0.1) is 0 Å². The zero-order chi connectivity index (χ0) is 30.8. The van der Waals surface area contributed by atoms with Gasteiger partial charge in [0.2, 0.25) is 0 Å². The molecule has 6 rings (SSSR count). The third-order valence-corrected chi connectivity index (χ3v) is 8.77. The van der Waals surface area contributed by atoms with Gasteiger partial charge in [0.1, 0.15) is 12.6 Å². The minimum atomic E-state index is -4.44. The van der Waals surface area contributed by atoms with Crippen LogP contribution in [0.1, 0.15) is 28.2 Å². The summed E-state index contributed by atoms with van der Waals surface area (Å²) in [4.78, 5) is 29.8. The van der Waals surface area contributed by atoms with Crippen molar-refractivity contribution in [3.8, 4) is 11.1 Å². The van der Waals surface area contributed by atoms with Gasteiger partial charge < -0.3 is 19.8 Å². The summed E-state index contributed by atoms with van der Waals surface area (Å²) in [6.07, 6.45) is -5.14. The number of carbonyl (C=O) groups excluding carboxylic acids is 2. The van der Waals surface area contributed by atoms with Crippen LogP contribution in [0.3, 0.4) is 0 Å². The van der Waals surface area contributed by atoms with Gasteiger partial charge in [-0.2, -0.15) is 13.2 Å². The molecule has 224 valence electrons. The fraction of sp³-hybridized carbons (Fsp3) is 0.176. The SMILES string of the molecule is COC(=O)[C@H](Cc1c(Sc2ccc(C(F)(F)F)cc2)[nH]c2ccccc12)NC(=O)OCC1c2ccccc2-c2ccccc21. The lowest BCUT2D eigenvalue weighted by atomic mass is 9.98. The number of aromatic amines is 1. The number of hydrogen-bond donors (Lipinski definition) is 2. The van der Waals surface area contributed by atoms with Crippen molar-refractivity contribution in [3.63, 3.8) is 0 Å². The summed E-state index contributed by atoms with van der Waals surface area (Å²) in [6, 6.07) is 27.2. The Labute approximate surface area is 255 Å². The molecule has 0 unspecified atom stereocenters. The molecule has 1 aliphatic carbocycles. The molecule has 1 heterocycles. The zero-order valence-electron chi connectivity index (χ0n) is 23.5. The van der Waals surface area contributed by atoms with Crippen LogP contribution in [0.4, 0.5) is 18.0 Å². The largest absolute Gasteiger partial charge is 0.467 e. The van der Waals surface area contributed by atoms with E-state index in [1.54, 1.807) is 0 Å². The van der Waals surface area contributed by atoms with Gasteiger partial charge in [-0.25, -0.2) is 9.59 Å². The van der Waals surface area contributed by atoms with Gasteiger partial charge in [0.25, 0.3) is 0 Å². The van der Waals surface area contributed by atoms with Crippen molar-refractivity contribution < 1.29 is 32.2 Å². The third-order valence-electron chi connectivity index (χ3n) is 7.71. The Morgan fingerprint density at radius 2 is 1.50 bits per heavy atom. The van der Waals surface area contributed by atoms with E-state index < -0.39 is 29.8 Å². The number of amides is 1. The fourth-order valence-electron chi connectivity index (χ4n) is 5.62. The minimum absolute atomic E-state index is 0.0594. The van der Waals surface area contributed by atoms with Gasteiger partial charge in [-0.1, -0.05) is 78.5 Å². The maximum Gasteiger partial charge on any atom is 0.416 e. The standard InChI is InChI=1S/C34H27F3N2O4S/c1-42-32(40)30(39-33(41)43-19-28-24-10-4-2-8-22(24)23-9-3-5-11-25(23)28)18-27-26-12-6-7-13-29(26)38-31(27)44-21-16-14-20(15-17-21)34(35,36)37/h2-17,28,30,38H,18-19H2,1H3,(H,39,41)/t30-/m0/s1. The highest BCUT2D eigenvalue weighted by Gasteiger charge is 2.32. The number of ether oxygens (including phenoxy) is 2. The van der Waals surface area contributed by atoms with E-state index in [2.05, 4.69) is 10.3 Å². The fourth-order valence-corrected chi connectivity index (χ4v) is 6.60. The topological polar surface area (TPSA) is 80.4 Å². The van der Waals surface area contributed by atoms with Crippen molar-refractivity contribution in [1.82, 2.24) is 10.3 Å². The summed E-state index contributed by atoms with van der Waals surface area (Å²) in [7, 11) is 1.24. The van der Waals surface area contributed by atoms with E-state index in [-0.39, 0.29) is 18.9 Å². The summed E-state index contributed by atoms with van der Waals surface area (Å²) in [5, 5.41) is 4.12. The zero-order valence-corrected chi connectivity index (χ0v) is 24.3. The van der Waals surface area contributed by atoms with Crippen molar-refractivity contribution in [2.45, 2.75) is 34.5 Å².